The highest BCUT2D eigenvalue weighted by Crippen LogP contribution is 2.32. The van der Waals surface area contributed by atoms with Crippen molar-refractivity contribution in [3.05, 3.63) is 36.0 Å². The molecule has 0 atom stereocenters. The first-order chi connectivity index (χ1) is 11.5. The van der Waals surface area contributed by atoms with E-state index in [1.54, 1.807) is 10.4 Å². The van der Waals surface area contributed by atoms with Crippen LogP contribution in [-0.2, 0) is 10.0 Å². The first-order valence-corrected chi connectivity index (χ1v) is 9.91. The number of aromatic nitrogens is 1. The van der Waals surface area contributed by atoms with E-state index in [1.807, 2.05) is 24.4 Å². The Morgan fingerprint density at radius 3 is 2.58 bits per heavy atom. The van der Waals surface area contributed by atoms with Crippen LogP contribution in [0.1, 0.15) is 36.0 Å². The van der Waals surface area contributed by atoms with E-state index in [2.05, 4.69) is 10.3 Å². The van der Waals surface area contributed by atoms with Crippen LogP contribution in [0.2, 0.25) is 0 Å². The van der Waals surface area contributed by atoms with Crippen LogP contribution < -0.4 is 5.32 Å². The third-order valence-corrected chi connectivity index (χ3v) is 7.31. The van der Waals surface area contributed by atoms with Crippen LogP contribution in [0.3, 0.4) is 0 Å². The molecule has 6 nitrogen and oxygen atoms in total. The molecule has 128 valence electrons. The number of carbonyl (C=O) groups excluding carboxylic acids is 1. The van der Waals surface area contributed by atoms with Crippen molar-refractivity contribution in [1.29, 1.82) is 0 Å². The lowest BCUT2D eigenvalue weighted by atomic mass is 10.1. The maximum absolute atomic E-state index is 12.4. The summed E-state index contributed by atoms with van der Waals surface area (Å²) in [6.07, 6.45) is 4.78. The van der Waals surface area contributed by atoms with E-state index in [0.717, 1.165) is 23.7 Å². The Bertz CT molecular complexity index is 862. The molecule has 24 heavy (non-hydrogen) atoms. The highest BCUT2D eigenvalue weighted by Gasteiger charge is 2.41. The Morgan fingerprint density at radius 1 is 1.12 bits per heavy atom. The molecule has 0 bridgehead atoms. The second-order valence-corrected chi connectivity index (χ2v) is 8.88. The van der Waals surface area contributed by atoms with Gasteiger partial charge in [-0.3, -0.25) is 4.79 Å². The number of amides is 1. The zero-order valence-electron chi connectivity index (χ0n) is 13.4. The van der Waals surface area contributed by atoms with Crippen LogP contribution in [0.5, 0.6) is 0 Å². The van der Waals surface area contributed by atoms with Crippen LogP contribution in [0.4, 0.5) is 0 Å². The van der Waals surface area contributed by atoms with E-state index < -0.39 is 10.0 Å². The Hall–Kier alpha value is -1.86. The van der Waals surface area contributed by atoms with Gasteiger partial charge in [-0.05, 0) is 49.9 Å². The molecule has 1 aliphatic heterocycles. The molecule has 1 aromatic heterocycles. The lowest BCUT2D eigenvalue weighted by molar-refractivity contribution is 0.0924. The molecule has 2 heterocycles. The molecule has 2 fully saturated rings. The minimum absolute atomic E-state index is 0.0325. The van der Waals surface area contributed by atoms with Crippen molar-refractivity contribution in [2.75, 3.05) is 13.1 Å². The van der Waals surface area contributed by atoms with E-state index in [1.165, 1.54) is 0 Å². The fourth-order valence-corrected chi connectivity index (χ4v) is 5.17. The predicted molar refractivity (Wildman–Crippen MR) is 92.3 cm³/mol. The number of hydrogen-bond acceptors (Lipinski definition) is 3. The van der Waals surface area contributed by atoms with Crippen molar-refractivity contribution >= 4 is 26.8 Å². The summed E-state index contributed by atoms with van der Waals surface area (Å²) < 4.78 is 26.1. The average molecular weight is 347 g/mol. The van der Waals surface area contributed by atoms with Crippen LogP contribution in [0.25, 0.3) is 10.9 Å². The summed E-state index contributed by atoms with van der Waals surface area (Å²) in [6, 6.07) is 7.54. The van der Waals surface area contributed by atoms with E-state index in [-0.39, 0.29) is 17.2 Å². The van der Waals surface area contributed by atoms with Crippen molar-refractivity contribution in [3.8, 4) is 0 Å². The van der Waals surface area contributed by atoms with E-state index in [0.29, 0.717) is 31.5 Å². The summed E-state index contributed by atoms with van der Waals surface area (Å²) >= 11 is 0. The molecule has 2 aliphatic rings. The van der Waals surface area contributed by atoms with Gasteiger partial charge >= 0.3 is 0 Å². The quantitative estimate of drug-likeness (QED) is 0.885. The molecule has 2 aromatic rings. The van der Waals surface area contributed by atoms with Gasteiger partial charge in [-0.2, -0.15) is 0 Å². The topological polar surface area (TPSA) is 82.3 Å². The number of nitrogens with zero attached hydrogens (tertiary/aromatic N) is 1. The van der Waals surface area contributed by atoms with Gasteiger partial charge in [0, 0.05) is 41.8 Å². The third kappa shape index (κ3) is 2.93. The molecule has 7 heteroatoms. The second kappa shape index (κ2) is 5.89. The van der Waals surface area contributed by atoms with Crippen molar-refractivity contribution < 1.29 is 13.2 Å². The Kier molecular flexibility index (Phi) is 3.85. The number of H-pyrrole nitrogens is 1. The first-order valence-electron chi connectivity index (χ1n) is 8.41. The largest absolute Gasteiger partial charge is 0.361 e. The van der Waals surface area contributed by atoms with Crippen molar-refractivity contribution in [2.24, 2.45) is 0 Å². The normalized spacial score (nSPS) is 20.3. The number of piperidine rings is 1. The van der Waals surface area contributed by atoms with Gasteiger partial charge in [0.05, 0.1) is 5.25 Å². The summed E-state index contributed by atoms with van der Waals surface area (Å²) in [5, 5.41) is 3.89. The number of nitrogens with one attached hydrogen (secondary N) is 2. The molecule has 1 aromatic carbocycles. The van der Waals surface area contributed by atoms with Gasteiger partial charge in [0.1, 0.15) is 0 Å². The Balaban J connectivity index is 1.37. The van der Waals surface area contributed by atoms with E-state index in [4.69, 9.17) is 0 Å². The zero-order chi connectivity index (χ0) is 16.7. The molecule has 4 rings (SSSR count). The van der Waals surface area contributed by atoms with Crippen molar-refractivity contribution in [1.82, 2.24) is 14.6 Å². The number of carbonyl (C=O) groups is 1. The number of benzene rings is 1. The maximum Gasteiger partial charge on any atom is 0.251 e. The highest BCUT2D eigenvalue weighted by atomic mass is 32.2. The molecular formula is C17H21N3O3S. The second-order valence-electron chi connectivity index (χ2n) is 6.67. The maximum atomic E-state index is 12.4. The molecular weight excluding hydrogens is 326 g/mol. The minimum Gasteiger partial charge on any atom is -0.361 e. The van der Waals surface area contributed by atoms with Gasteiger partial charge in [0.25, 0.3) is 5.91 Å². The number of fused-ring (bicyclic) bond motifs is 1. The van der Waals surface area contributed by atoms with Gasteiger partial charge in [-0.25, -0.2) is 12.7 Å². The van der Waals surface area contributed by atoms with Gasteiger partial charge < -0.3 is 10.3 Å². The Labute approximate surface area is 141 Å². The number of aromatic amines is 1. The molecule has 0 unspecified atom stereocenters. The van der Waals surface area contributed by atoms with Crippen molar-refractivity contribution in [3.63, 3.8) is 0 Å². The van der Waals surface area contributed by atoms with Crippen LogP contribution >= 0.6 is 0 Å². The number of hydrogen-bond donors (Lipinski definition) is 2. The minimum atomic E-state index is -3.09. The Morgan fingerprint density at radius 2 is 1.88 bits per heavy atom. The van der Waals surface area contributed by atoms with E-state index >= 15 is 0 Å². The number of rotatable bonds is 4. The summed E-state index contributed by atoms with van der Waals surface area (Å²) in [4.78, 5) is 15.5. The lowest BCUT2D eigenvalue weighted by Crippen LogP contribution is -2.47. The van der Waals surface area contributed by atoms with Crippen LogP contribution in [0.15, 0.2) is 30.5 Å². The lowest BCUT2D eigenvalue weighted by Gasteiger charge is -2.31. The van der Waals surface area contributed by atoms with Crippen molar-refractivity contribution in [2.45, 2.75) is 37.0 Å². The number of sulfonamides is 1. The summed E-state index contributed by atoms with van der Waals surface area (Å²) in [5.41, 5.74) is 1.64. The smallest absolute Gasteiger partial charge is 0.251 e. The summed E-state index contributed by atoms with van der Waals surface area (Å²) in [6.45, 7) is 1.00. The SMILES string of the molecule is O=C(NC1CCN(S(=O)(=O)C2CC2)CC1)c1ccc2[nH]ccc2c1. The third-order valence-electron chi connectivity index (χ3n) is 4.91. The molecule has 0 radical (unpaired) electrons. The molecule has 2 N–H and O–H groups in total. The van der Waals surface area contributed by atoms with Gasteiger partial charge in [0.15, 0.2) is 0 Å². The molecule has 0 spiro atoms. The monoisotopic (exact) mass is 347 g/mol. The summed E-state index contributed by atoms with van der Waals surface area (Å²) in [5.74, 6) is -0.0957. The molecule has 1 saturated carbocycles. The first kappa shape index (κ1) is 15.7. The fraction of sp³-hybridized carbons (Fsp3) is 0.471. The average Bonchev–Trinajstić information content (AvgIpc) is 3.34. The van der Waals surface area contributed by atoms with Gasteiger partial charge in [0.2, 0.25) is 10.0 Å². The van der Waals surface area contributed by atoms with Gasteiger partial charge in [-0.1, -0.05) is 0 Å². The van der Waals surface area contributed by atoms with Gasteiger partial charge in [-0.15, -0.1) is 0 Å². The molecule has 1 saturated heterocycles. The fourth-order valence-electron chi connectivity index (χ4n) is 3.29. The predicted octanol–water partition coefficient (Wildman–Crippen LogP) is 1.85. The summed E-state index contributed by atoms with van der Waals surface area (Å²) in [7, 11) is -3.09. The zero-order valence-corrected chi connectivity index (χ0v) is 14.2. The highest BCUT2D eigenvalue weighted by molar-refractivity contribution is 7.90. The molecule has 1 amide bonds. The standard InChI is InChI=1S/C17H21N3O3S/c21-17(13-1-4-16-12(11-13)5-8-18-16)19-14-6-9-20(10-7-14)24(22,23)15-2-3-15/h1,4-5,8,11,14-15,18H,2-3,6-7,9-10H2,(H,19,21). The van der Waals surface area contributed by atoms with E-state index in [9.17, 15) is 13.2 Å². The van der Waals surface area contributed by atoms with Crippen LogP contribution in [0, 0.1) is 0 Å². The van der Waals surface area contributed by atoms with Crippen LogP contribution in [-0.4, -0.2) is 48.0 Å². The molecule has 1 aliphatic carbocycles.